The second-order valence-electron chi connectivity index (χ2n) is 8.49. The van der Waals surface area contributed by atoms with Crippen LogP contribution in [-0.2, 0) is 14.3 Å². The lowest BCUT2D eigenvalue weighted by Gasteiger charge is -2.36. The van der Waals surface area contributed by atoms with Gasteiger partial charge < -0.3 is 19.1 Å². The molecule has 0 bridgehead atoms. The summed E-state index contributed by atoms with van der Waals surface area (Å²) < 4.78 is 7.74. The lowest BCUT2D eigenvalue weighted by atomic mass is 10.2. The number of hydrogen-bond donors (Lipinski definition) is 0. The summed E-state index contributed by atoms with van der Waals surface area (Å²) in [6, 6.07) is 12.9. The monoisotopic (exact) mass is 421 g/mol. The molecule has 1 atom stereocenters. The van der Waals surface area contributed by atoms with Gasteiger partial charge in [-0.1, -0.05) is 18.2 Å². The van der Waals surface area contributed by atoms with E-state index in [1.54, 1.807) is 17.9 Å². The summed E-state index contributed by atoms with van der Waals surface area (Å²) in [6.45, 7) is 8.62. The maximum atomic E-state index is 12.7. The summed E-state index contributed by atoms with van der Waals surface area (Å²) in [4.78, 5) is 29.1. The van der Waals surface area contributed by atoms with Crippen LogP contribution in [0.25, 0.3) is 6.08 Å². The van der Waals surface area contributed by atoms with E-state index in [-0.39, 0.29) is 5.91 Å². The van der Waals surface area contributed by atoms with Gasteiger partial charge in [-0.25, -0.2) is 4.79 Å². The zero-order chi connectivity index (χ0) is 22.0. The maximum Gasteiger partial charge on any atom is 0.331 e. The first-order chi connectivity index (χ1) is 14.9. The first-order valence-corrected chi connectivity index (χ1v) is 11.1. The number of ether oxygens (including phenoxy) is 1. The van der Waals surface area contributed by atoms with E-state index < -0.39 is 12.1 Å². The van der Waals surface area contributed by atoms with E-state index in [2.05, 4.69) is 41.5 Å². The quantitative estimate of drug-likeness (QED) is 0.527. The lowest BCUT2D eigenvalue weighted by molar-refractivity contribution is -0.155. The van der Waals surface area contributed by atoms with Gasteiger partial charge in [0.2, 0.25) is 0 Å². The highest BCUT2D eigenvalue weighted by Crippen LogP contribution is 2.38. The molecular formula is C25H31N3O3. The van der Waals surface area contributed by atoms with E-state index in [1.807, 2.05) is 18.2 Å². The Kier molecular flexibility index (Phi) is 6.16. The predicted molar refractivity (Wildman–Crippen MR) is 122 cm³/mol. The number of para-hydroxylation sites is 1. The minimum absolute atomic E-state index is 0.138. The van der Waals surface area contributed by atoms with Crippen LogP contribution in [0.5, 0.6) is 0 Å². The summed E-state index contributed by atoms with van der Waals surface area (Å²) >= 11 is 0. The smallest absolute Gasteiger partial charge is 0.331 e. The molecule has 0 radical (unpaired) electrons. The molecule has 4 rings (SSSR count). The molecule has 1 aliphatic heterocycles. The Hall–Kier alpha value is -3.02. The Morgan fingerprint density at radius 3 is 2.39 bits per heavy atom. The average molecular weight is 422 g/mol. The van der Waals surface area contributed by atoms with Crippen LogP contribution < -0.4 is 4.90 Å². The lowest BCUT2D eigenvalue weighted by Crippen LogP contribution is -2.51. The highest BCUT2D eigenvalue weighted by Gasteiger charge is 2.28. The van der Waals surface area contributed by atoms with Crippen molar-refractivity contribution in [1.82, 2.24) is 9.47 Å². The maximum absolute atomic E-state index is 12.7. The summed E-state index contributed by atoms with van der Waals surface area (Å²) in [6.07, 6.45) is 4.87. The van der Waals surface area contributed by atoms with Crippen LogP contribution in [0.1, 0.15) is 42.8 Å². The number of hydrogen-bond acceptors (Lipinski definition) is 4. The van der Waals surface area contributed by atoms with Crippen molar-refractivity contribution in [2.45, 2.75) is 45.8 Å². The van der Waals surface area contributed by atoms with Crippen molar-refractivity contribution >= 4 is 23.6 Å². The molecule has 164 valence electrons. The van der Waals surface area contributed by atoms with Crippen LogP contribution in [0.4, 0.5) is 5.69 Å². The number of amides is 1. The van der Waals surface area contributed by atoms with E-state index in [0.717, 1.165) is 18.7 Å². The first-order valence-electron chi connectivity index (χ1n) is 11.1. The number of esters is 1. The van der Waals surface area contributed by atoms with Gasteiger partial charge in [0.05, 0.1) is 0 Å². The van der Waals surface area contributed by atoms with E-state index >= 15 is 0 Å². The molecule has 1 aromatic carbocycles. The predicted octanol–water partition coefficient (Wildman–Crippen LogP) is 3.73. The third-order valence-corrected chi connectivity index (χ3v) is 6.19. The Morgan fingerprint density at radius 2 is 1.74 bits per heavy atom. The molecule has 1 amide bonds. The second kappa shape index (κ2) is 9.00. The van der Waals surface area contributed by atoms with E-state index in [9.17, 15) is 9.59 Å². The summed E-state index contributed by atoms with van der Waals surface area (Å²) in [5, 5.41) is 0. The zero-order valence-corrected chi connectivity index (χ0v) is 18.6. The van der Waals surface area contributed by atoms with Crippen LogP contribution in [-0.4, -0.2) is 53.6 Å². The fraction of sp³-hybridized carbons (Fsp3) is 0.440. The summed E-state index contributed by atoms with van der Waals surface area (Å²) in [7, 11) is 0. The number of aryl methyl sites for hydroxylation is 1. The molecule has 2 fully saturated rings. The van der Waals surface area contributed by atoms with Crippen molar-refractivity contribution in [2.24, 2.45) is 0 Å². The van der Waals surface area contributed by atoms with Crippen molar-refractivity contribution < 1.29 is 14.3 Å². The minimum atomic E-state index is -0.792. The molecule has 2 heterocycles. The van der Waals surface area contributed by atoms with Crippen molar-refractivity contribution in [3.8, 4) is 0 Å². The molecule has 2 aliphatic rings. The number of benzene rings is 1. The molecule has 1 aromatic heterocycles. The van der Waals surface area contributed by atoms with Gasteiger partial charge in [0.25, 0.3) is 5.91 Å². The van der Waals surface area contributed by atoms with E-state index in [0.29, 0.717) is 19.1 Å². The van der Waals surface area contributed by atoms with Crippen LogP contribution in [0.3, 0.4) is 0 Å². The van der Waals surface area contributed by atoms with E-state index in [4.69, 9.17) is 4.74 Å². The summed E-state index contributed by atoms with van der Waals surface area (Å²) in [5.74, 6) is -0.624. The standard InChI is InChI=1S/C25H31N3O3/c1-18-17-21(19(2)28(18)23-10-11-23)9-12-24(29)31-20(3)25(30)27-15-13-26(14-16-27)22-7-5-4-6-8-22/h4-9,12,17,20,23H,10-11,13-16H2,1-3H3/b12-9+/t20-/m1/s1. The van der Waals surface area contributed by atoms with Gasteiger partial charge in [-0.3, -0.25) is 4.79 Å². The Labute approximate surface area is 184 Å². The number of piperazine rings is 1. The fourth-order valence-corrected chi connectivity index (χ4v) is 4.37. The normalized spacial score (nSPS) is 17.8. The van der Waals surface area contributed by atoms with Gasteiger partial charge in [-0.2, -0.15) is 0 Å². The van der Waals surface area contributed by atoms with Gasteiger partial charge in [0.1, 0.15) is 0 Å². The number of rotatable bonds is 6. The van der Waals surface area contributed by atoms with E-state index in [1.165, 1.54) is 36.0 Å². The van der Waals surface area contributed by atoms with Crippen molar-refractivity contribution in [3.05, 3.63) is 59.4 Å². The number of anilines is 1. The summed E-state index contributed by atoms with van der Waals surface area (Å²) in [5.41, 5.74) is 4.58. The molecular weight excluding hydrogens is 390 g/mol. The molecule has 31 heavy (non-hydrogen) atoms. The van der Waals surface area contributed by atoms with Crippen LogP contribution in [0, 0.1) is 13.8 Å². The van der Waals surface area contributed by atoms with Gasteiger partial charge >= 0.3 is 5.97 Å². The molecule has 0 N–H and O–H groups in total. The fourth-order valence-electron chi connectivity index (χ4n) is 4.37. The molecule has 6 heteroatoms. The van der Waals surface area contributed by atoms with Gasteiger partial charge in [-0.05, 0) is 63.5 Å². The number of nitrogens with zero attached hydrogens (tertiary/aromatic N) is 3. The number of aromatic nitrogens is 1. The third-order valence-electron chi connectivity index (χ3n) is 6.19. The van der Waals surface area contributed by atoms with Crippen LogP contribution >= 0.6 is 0 Å². The highest BCUT2D eigenvalue weighted by atomic mass is 16.5. The number of carbonyl (C=O) groups excluding carboxylic acids is 2. The SMILES string of the molecule is Cc1cc(/C=C/C(=O)O[C@H](C)C(=O)N2CCN(c3ccccc3)CC2)c(C)n1C1CC1. The second-order valence-corrected chi connectivity index (χ2v) is 8.49. The molecule has 0 spiro atoms. The molecule has 2 aromatic rings. The molecule has 1 saturated carbocycles. The van der Waals surface area contributed by atoms with Gasteiger partial charge in [0.15, 0.2) is 6.10 Å². The van der Waals surface area contributed by atoms with Gasteiger partial charge in [-0.15, -0.1) is 0 Å². The first kappa shape index (κ1) is 21.2. The van der Waals surface area contributed by atoms with Crippen molar-refractivity contribution in [2.75, 3.05) is 31.1 Å². The van der Waals surface area contributed by atoms with Crippen molar-refractivity contribution in [1.29, 1.82) is 0 Å². The largest absolute Gasteiger partial charge is 0.449 e. The molecule has 0 unspecified atom stereocenters. The molecule has 1 saturated heterocycles. The Bertz CT molecular complexity index is 967. The third kappa shape index (κ3) is 4.84. The topological polar surface area (TPSA) is 54.8 Å². The number of carbonyl (C=O) groups is 2. The zero-order valence-electron chi connectivity index (χ0n) is 18.6. The molecule has 6 nitrogen and oxygen atoms in total. The van der Waals surface area contributed by atoms with Crippen molar-refractivity contribution in [3.63, 3.8) is 0 Å². The highest BCUT2D eigenvalue weighted by molar-refractivity contribution is 5.90. The molecule has 1 aliphatic carbocycles. The Morgan fingerprint density at radius 1 is 1.06 bits per heavy atom. The van der Waals surface area contributed by atoms with Gasteiger partial charge in [0, 0.05) is 55.4 Å². The Balaban J connectivity index is 1.28. The minimum Gasteiger partial charge on any atom is -0.449 e. The van der Waals surface area contributed by atoms with Crippen LogP contribution in [0.2, 0.25) is 0 Å². The van der Waals surface area contributed by atoms with Crippen LogP contribution in [0.15, 0.2) is 42.5 Å². The average Bonchev–Trinajstić information content (AvgIpc) is 3.57.